The Balaban J connectivity index is 1.72. The van der Waals surface area contributed by atoms with Crippen LogP contribution in [0.1, 0.15) is 34.6 Å². The maximum absolute atomic E-state index is 13.3. The summed E-state index contributed by atoms with van der Waals surface area (Å²) in [4.78, 5) is 14.0. The second-order valence-corrected chi connectivity index (χ2v) is 7.37. The monoisotopic (exact) mass is 381 g/mol. The molecule has 1 aliphatic rings. The van der Waals surface area contributed by atoms with Crippen molar-refractivity contribution in [2.45, 2.75) is 30.6 Å². The highest BCUT2D eigenvalue weighted by Crippen LogP contribution is 2.29. The smallest absolute Gasteiger partial charge is 0.276 e. The molecule has 1 heterocycles. The fraction of sp³-hybridized carbons (Fsp3) is 0.238. The van der Waals surface area contributed by atoms with Gasteiger partial charge in [0.05, 0.1) is 11.4 Å². The van der Waals surface area contributed by atoms with Gasteiger partial charge in [-0.2, -0.15) is 5.10 Å². The third kappa shape index (κ3) is 3.49. The average molecular weight is 381 g/mol. The third-order valence-corrected chi connectivity index (χ3v) is 5.62. The molecule has 0 saturated heterocycles. The van der Waals surface area contributed by atoms with Gasteiger partial charge in [0.2, 0.25) is 0 Å². The first kappa shape index (κ1) is 17.8. The summed E-state index contributed by atoms with van der Waals surface area (Å²) in [7, 11) is 0. The first-order valence-electron chi connectivity index (χ1n) is 8.98. The number of benzene rings is 2. The predicted molar refractivity (Wildman–Crippen MR) is 106 cm³/mol. The molecule has 6 heteroatoms. The minimum Gasteiger partial charge on any atom is -0.320 e. The topological polar surface area (TPSA) is 46.9 Å². The van der Waals surface area contributed by atoms with Gasteiger partial charge in [0.15, 0.2) is 5.69 Å². The fourth-order valence-corrected chi connectivity index (χ4v) is 4.06. The number of amides is 1. The second-order valence-electron chi connectivity index (χ2n) is 6.52. The summed E-state index contributed by atoms with van der Waals surface area (Å²) in [6.07, 6.45) is 5.80. The lowest BCUT2D eigenvalue weighted by Crippen LogP contribution is -2.16. The van der Waals surface area contributed by atoms with E-state index in [1.54, 1.807) is 28.6 Å². The molecule has 4 rings (SSSR count). The highest BCUT2D eigenvalue weighted by atomic mass is 32.2. The molecule has 138 valence electrons. The van der Waals surface area contributed by atoms with Crippen molar-refractivity contribution in [1.29, 1.82) is 0 Å². The fourth-order valence-electron chi connectivity index (χ4n) is 3.51. The number of nitrogens with zero attached hydrogens (tertiary/aromatic N) is 2. The van der Waals surface area contributed by atoms with Crippen LogP contribution in [0.2, 0.25) is 0 Å². The molecule has 1 amide bonds. The van der Waals surface area contributed by atoms with E-state index in [2.05, 4.69) is 10.4 Å². The van der Waals surface area contributed by atoms with E-state index < -0.39 is 0 Å². The normalized spacial score (nSPS) is 13.3. The van der Waals surface area contributed by atoms with Gasteiger partial charge in [-0.3, -0.25) is 4.79 Å². The zero-order chi connectivity index (χ0) is 18.8. The molecule has 1 aliphatic carbocycles. The van der Waals surface area contributed by atoms with Crippen molar-refractivity contribution in [1.82, 2.24) is 9.78 Å². The standard InChI is InChI=1S/C21H20FN3OS/c1-27-19-9-5-3-7-17(19)23-21(26)20-16-6-2-4-8-18(16)25(24-20)15-12-10-14(22)11-13-15/h3,5,7,9-13H,2,4,6,8H2,1H3,(H,23,26). The summed E-state index contributed by atoms with van der Waals surface area (Å²) >= 11 is 1.59. The van der Waals surface area contributed by atoms with E-state index in [9.17, 15) is 9.18 Å². The molecule has 0 spiro atoms. The molecule has 4 nitrogen and oxygen atoms in total. The molecule has 0 fully saturated rings. The van der Waals surface area contributed by atoms with Crippen LogP contribution in [0.5, 0.6) is 0 Å². The third-order valence-electron chi connectivity index (χ3n) is 4.82. The van der Waals surface area contributed by atoms with Crippen LogP contribution >= 0.6 is 11.8 Å². The van der Waals surface area contributed by atoms with Gasteiger partial charge in [-0.1, -0.05) is 12.1 Å². The van der Waals surface area contributed by atoms with E-state index in [1.165, 1.54) is 12.1 Å². The Morgan fingerprint density at radius 3 is 2.63 bits per heavy atom. The van der Waals surface area contributed by atoms with Crippen LogP contribution in [-0.2, 0) is 12.8 Å². The Hall–Kier alpha value is -2.60. The first-order valence-corrected chi connectivity index (χ1v) is 10.2. The highest BCUT2D eigenvalue weighted by molar-refractivity contribution is 7.98. The molecule has 2 aromatic carbocycles. The summed E-state index contributed by atoms with van der Waals surface area (Å²) in [5, 5.41) is 7.62. The van der Waals surface area contributed by atoms with Gasteiger partial charge in [0, 0.05) is 16.2 Å². The zero-order valence-electron chi connectivity index (χ0n) is 15.0. The Morgan fingerprint density at radius 1 is 1.11 bits per heavy atom. The molecule has 0 atom stereocenters. The number of aromatic nitrogens is 2. The van der Waals surface area contributed by atoms with E-state index in [1.807, 2.05) is 30.5 Å². The predicted octanol–water partition coefficient (Wildman–Crippen LogP) is 4.86. The lowest BCUT2D eigenvalue weighted by Gasteiger charge is -2.14. The molecule has 1 N–H and O–H groups in total. The molecular formula is C21H20FN3OS. The van der Waals surface area contributed by atoms with Gasteiger partial charge in [-0.25, -0.2) is 9.07 Å². The minimum atomic E-state index is -0.286. The molecule has 0 saturated carbocycles. The van der Waals surface area contributed by atoms with Crippen LogP contribution in [0.3, 0.4) is 0 Å². The summed E-state index contributed by atoms with van der Waals surface area (Å²) < 4.78 is 15.1. The lowest BCUT2D eigenvalue weighted by atomic mass is 9.95. The Bertz CT molecular complexity index is 982. The van der Waals surface area contributed by atoms with Crippen LogP contribution in [0.15, 0.2) is 53.4 Å². The van der Waals surface area contributed by atoms with Crippen molar-refractivity contribution >= 4 is 23.4 Å². The number of carbonyl (C=O) groups is 1. The van der Waals surface area contributed by atoms with Gasteiger partial charge in [-0.05, 0) is 68.3 Å². The minimum absolute atomic E-state index is 0.199. The van der Waals surface area contributed by atoms with Crippen molar-refractivity contribution < 1.29 is 9.18 Å². The van der Waals surface area contributed by atoms with Crippen molar-refractivity contribution in [2.24, 2.45) is 0 Å². The molecule has 0 aliphatic heterocycles. The summed E-state index contributed by atoms with van der Waals surface area (Å²) in [5.41, 5.74) is 4.08. The number of halogens is 1. The average Bonchev–Trinajstić information content (AvgIpc) is 3.09. The maximum atomic E-state index is 13.3. The van der Waals surface area contributed by atoms with Crippen molar-refractivity contribution in [3.05, 3.63) is 71.3 Å². The van der Waals surface area contributed by atoms with Gasteiger partial charge in [0.1, 0.15) is 5.82 Å². The summed E-state index contributed by atoms with van der Waals surface area (Å²) in [5.74, 6) is -0.484. The molecule has 27 heavy (non-hydrogen) atoms. The summed E-state index contributed by atoms with van der Waals surface area (Å²) in [6.45, 7) is 0. The number of hydrogen-bond donors (Lipinski definition) is 1. The maximum Gasteiger partial charge on any atom is 0.276 e. The number of anilines is 1. The first-order chi connectivity index (χ1) is 13.2. The van der Waals surface area contributed by atoms with Crippen LogP contribution in [0.4, 0.5) is 10.1 Å². The largest absolute Gasteiger partial charge is 0.320 e. The number of nitrogens with one attached hydrogen (secondary N) is 1. The van der Waals surface area contributed by atoms with Gasteiger partial charge < -0.3 is 5.32 Å². The van der Waals surface area contributed by atoms with Gasteiger partial charge in [-0.15, -0.1) is 11.8 Å². The molecule has 0 bridgehead atoms. The van der Waals surface area contributed by atoms with Gasteiger partial charge in [0.25, 0.3) is 5.91 Å². The Labute approximate surface area is 161 Å². The molecule has 0 unspecified atom stereocenters. The number of fused-ring (bicyclic) bond motifs is 1. The van der Waals surface area contributed by atoms with E-state index in [-0.39, 0.29) is 11.7 Å². The SMILES string of the molecule is CSc1ccccc1NC(=O)c1nn(-c2ccc(F)cc2)c2c1CCCC2. The van der Waals surface area contributed by atoms with Gasteiger partial charge >= 0.3 is 0 Å². The summed E-state index contributed by atoms with van der Waals surface area (Å²) in [6, 6.07) is 14.0. The molecular weight excluding hydrogens is 361 g/mol. The number of thioether (sulfide) groups is 1. The number of rotatable bonds is 4. The van der Waals surface area contributed by atoms with Crippen LogP contribution in [0.25, 0.3) is 5.69 Å². The Morgan fingerprint density at radius 2 is 1.85 bits per heavy atom. The van der Waals surface area contributed by atoms with Crippen LogP contribution in [-0.4, -0.2) is 21.9 Å². The van der Waals surface area contributed by atoms with Crippen LogP contribution < -0.4 is 5.32 Å². The van der Waals surface area contributed by atoms with Crippen molar-refractivity contribution in [3.63, 3.8) is 0 Å². The zero-order valence-corrected chi connectivity index (χ0v) is 15.9. The van der Waals surface area contributed by atoms with Crippen molar-refractivity contribution in [2.75, 3.05) is 11.6 Å². The molecule has 0 radical (unpaired) electrons. The number of hydrogen-bond acceptors (Lipinski definition) is 3. The van der Waals surface area contributed by atoms with Crippen LogP contribution in [0, 0.1) is 5.82 Å². The number of carbonyl (C=O) groups excluding carboxylic acids is 1. The second kappa shape index (κ2) is 7.56. The lowest BCUT2D eigenvalue weighted by molar-refractivity contribution is 0.102. The molecule has 1 aromatic heterocycles. The Kier molecular flexibility index (Phi) is 4.99. The highest BCUT2D eigenvalue weighted by Gasteiger charge is 2.26. The van der Waals surface area contributed by atoms with E-state index >= 15 is 0 Å². The molecule has 3 aromatic rings. The van der Waals surface area contributed by atoms with E-state index in [0.717, 1.165) is 53.2 Å². The van der Waals surface area contributed by atoms with E-state index in [0.29, 0.717) is 5.69 Å². The van der Waals surface area contributed by atoms with Crippen molar-refractivity contribution in [3.8, 4) is 5.69 Å². The number of para-hydroxylation sites is 1. The van der Waals surface area contributed by atoms with E-state index in [4.69, 9.17) is 0 Å². The quantitative estimate of drug-likeness (QED) is 0.656.